The van der Waals surface area contributed by atoms with Crippen LogP contribution in [0.4, 0.5) is 11.4 Å². The lowest BCUT2D eigenvalue weighted by atomic mass is 10.1. The highest BCUT2D eigenvalue weighted by molar-refractivity contribution is 6.34. The molecule has 3 rings (SSSR count). The molecule has 2 amide bonds. The molecule has 0 atom stereocenters. The van der Waals surface area contributed by atoms with Gasteiger partial charge in [0.2, 0.25) is 0 Å². The Kier molecular flexibility index (Phi) is 8.96. The molecule has 0 aliphatic carbocycles. The summed E-state index contributed by atoms with van der Waals surface area (Å²) in [4.78, 5) is 25.0. The van der Waals surface area contributed by atoms with Crippen LogP contribution in [0.2, 0.25) is 10.0 Å². The summed E-state index contributed by atoms with van der Waals surface area (Å²) in [5, 5.41) is 15.4. The largest absolute Gasteiger partial charge is 0.493 e. The second-order valence-corrected chi connectivity index (χ2v) is 8.61. The van der Waals surface area contributed by atoms with Gasteiger partial charge in [-0.3, -0.25) is 9.59 Å². The third-order valence-electron chi connectivity index (χ3n) is 5.06. The molecule has 0 spiro atoms. The van der Waals surface area contributed by atoms with Crippen molar-refractivity contribution < 1.29 is 19.1 Å². The molecule has 0 aliphatic rings. The van der Waals surface area contributed by atoms with Crippen molar-refractivity contribution in [1.82, 2.24) is 0 Å². The lowest BCUT2D eigenvalue weighted by molar-refractivity contribution is -0.118. The van der Waals surface area contributed by atoms with E-state index in [2.05, 4.69) is 10.6 Å². The van der Waals surface area contributed by atoms with Crippen molar-refractivity contribution in [3.05, 3.63) is 86.9 Å². The molecule has 184 valence electrons. The maximum Gasteiger partial charge on any atom is 0.266 e. The summed E-state index contributed by atoms with van der Waals surface area (Å²) >= 11 is 12.5. The maximum absolute atomic E-state index is 12.6. The summed E-state index contributed by atoms with van der Waals surface area (Å²) in [6.07, 6.45) is 1.36. The fourth-order valence-electron chi connectivity index (χ4n) is 3.23. The number of nitrogens with one attached hydrogen (secondary N) is 2. The van der Waals surface area contributed by atoms with Crippen molar-refractivity contribution in [3.63, 3.8) is 0 Å². The minimum Gasteiger partial charge on any atom is -0.493 e. The minimum atomic E-state index is -0.635. The van der Waals surface area contributed by atoms with E-state index in [0.29, 0.717) is 22.0 Å². The van der Waals surface area contributed by atoms with E-state index in [0.717, 1.165) is 11.1 Å². The molecule has 7 nitrogen and oxygen atoms in total. The Balaban J connectivity index is 1.76. The van der Waals surface area contributed by atoms with Gasteiger partial charge in [0, 0.05) is 5.69 Å². The summed E-state index contributed by atoms with van der Waals surface area (Å²) in [6.45, 7) is 3.53. The van der Waals surface area contributed by atoms with Crippen LogP contribution >= 0.6 is 23.2 Å². The Labute approximate surface area is 219 Å². The Hall–Kier alpha value is -3.99. The summed E-state index contributed by atoms with van der Waals surface area (Å²) in [5.41, 5.74) is 3.27. The Morgan fingerprint density at radius 2 is 1.75 bits per heavy atom. The van der Waals surface area contributed by atoms with Crippen LogP contribution in [-0.4, -0.2) is 25.5 Å². The quantitative estimate of drug-likeness (QED) is 0.271. The number of benzene rings is 3. The number of rotatable bonds is 8. The second kappa shape index (κ2) is 12.1. The van der Waals surface area contributed by atoms with Gasteiger partial charge in [-0.15, -0.1) is 0 Å². The number of anilines is 2. The molecule has 0 unspecified atom stereocenters. The van der Waals surface area contributed by atoms with Crippen molar-refractivity contribution >= 4 is 52.5 Å². The topological polar surface area (TPSA) is 100 Å². The van der Waals surface area contributed by atoms with Gasteiger partial charge in [0.1, 0.15) is 11.6 Å². The van der Waals surface area contributed by atoms with Crippen LogP contribution in [0.3, 0.4) is 0 Å². The third-order valence-corrected chi connectivity index (χ3v) is 5.68. The smallest absolute Gasteiger partial charge is 0.266 e. The molecule has 0 fully saturated rings. The number of methoxy groups -OCH3 is 1. The molecule has 0 radical (unpaired) electrons. The van der Waals surface area contributed by atoms with E-state index in [-0.39, 0.29) is 34.6 Å². The number of halogens is 2. The zero-order valence-electron chi connectivity index (χ0n) is 19.8. The van der Waals surface area contributed by atoms with E-state index in [1.165, 1.54) is 19.3 Å². The Morgan fingerprint density at radius 3 is 2.44 bits per heavy atom. The van der Waals surface area contributed by atoms with Gasteiger partial charge in [-0.2, -0.15) is 5.26 Å². The van der Waals surface area contributed by atoms with Crippen molar-refractivity contribution in [1.29, 1.82) is 5.26 Å². The van der Waals surface area contributed by atoms with E-state index in [9.17, 15) is 14.9 Å². The number of carbonyl (C=O) groups is 2. The van der Waals surface area contributed by atoms with Crippen LogP contribution in [0, 0.1) is 25.2 Å². The van der Waals surface area contributed by atoms with Gasteiger partial charge in [0.15, 0.2) is 18.1 Å². The van der Waals surface area contributed by atoms with Crippen molar-refractivity contribution in [2.45, 2.75) is 13.8 Å². The number of carbonyl (C=O) groups excluding carboxylic acids is 2. The molecule has 3 aromatic rings. The molecular formula is C27H23Cl2N3O4. The molecule has 36 heavy (non-hydrogen) atoms. The molecule has 0 saturated heterocycles. The first-order valence-electron chi connectivity index (χ1n) is 10.8. The highest BCUT2D eigenvalue weighted by Gasteiger charge is 2.16. The second-order valence-electron chi connectivity index (χ2n) is 7.79. The first-order chi connectivity index (χ1) is 17.2. The molecule has 3 aromatic carbocycles. The normalized spacial score (nSPS) is 10.8. The van der Waals surface area contributed by atoms with E-state index >= 15 is 0 Å². The summed E-state index contributed by atoms with van der Waals surface area (Å²) in [7, 11) is 1.41. The molecule has 0 saturated carbocycles. The molecule has 9 heteroatoms. The van der Waals surface area contributed by atoms with Crippen molar-refractivity contribution in [2.24, 2.45) is 0 Å². The van der Waals surface area contributed by atoms with Gasteiger partial charge in [-0.25, -0.2) is 0 Å². The van der Waals surface area contributed by atoms with Crippen LogP contribution in [0.25, 0.3) is 6.08 Å². The van der Waals surface area contributed by atoms with E-state index in [1.54, 1.807) is 30.3 Å². The van der Waals surface area contributed by atoms with Gasteiger partial charge in [-0.05, 0) is 66.9 Å². The molecule has 0 bridgehead atoms. The predicted octanol–water partition coefficient (Wildman–Crippen LogP) is 6.18. The highest BCUT2D eigenvalue weighted by Crippen LogP contribution is 2.37. The first kappa shape index (κ1) is 26.6. The standard InChI is InChI=1S/C27H23Cl2N3O4/c1-16-8-9-17(2)23(10-16)31-25(33)15-36-26-21(29)12-18(13-24(26)35-3)11-19(14-30)27(34)32-22-7-5-4-6-20(22)28/h4-13H,15H2,1-3H3,(H,31,33)(H,32,34)/b19-11+. The minimum absolute atomic E-state index is 0.143. The summed E-state index contributed by atoms with van der Waals surface area (Å²) in [5.74, 6) is -0.610. The molecule has 0 heterocycles. The third kappa shape index (κ3) is 6.79. The van der Waals surface area contributed by atoms with Crippen molar-refractivity contribution in [2.75, 3.05) is 24.4 Å². The fraction of sp³-hybridized carbons (Fsp3) is 0.148. The Morgan fingerprint density at radius 1 is 1.00 bits per heavy atom. The van der Waals surface area contributed by atoms with E-state index in [1.807, 2.05) is 38.1 Å². The lowest BCUT2D eigenvalue weighted by Crippen LogP contribution is -2.21. The first-order valence-corrected chi connectivity index (χ1v) is 11.5. The van der Waals surface area contributed by atoms with Gasteiger partial charge in [0.05, 0.1) is 22.8 Å². The number of para-hydroxylation sites is 1. The average Bonchev–Trinajstić information content (AvgIpc) is 2.85. The number of nitrogens with zero attached hydrogens (tertiary/aromatic N) is 1. The highest BCUT2D eigenvalue weighted by atomic mass is 35.5. The van der Waals surface area contributed by atoms with Crippen molar-refractivity contribution in [3.8, 4) is 17.6 Å². The maximum atomic E-state index is 12.6. The van der Waals surface area contributed by atoms with Crippen LogP contribution in [0.1, 0.15) is 16.7 Å². The van der Waals surface area contributed by atoms with Gasteiger partial charge in [0.25, 0.3) is 11.8 Å². The Bertz CT molecular complexity index is 1380. The molecule has 0 aliphatic heterocycles. The van der Waals surface area contributed by atoms with Gasteiger partial charge >= 0.3 is 0 Å². The van der Waals surface area contributed by atoms with Crippen LogP contribution < -0.4 is 20.1 Å². The van der Waals surface area contributed by atoms with E-state index < -0.39 is 5.91 Å². The number of ether oxygens (including phenoxy) is 2. The SMILES string of the molecule is COc1cc(/C=C(\C#N)C(=O)Nc2ccccc2Cl)cc(Cl)c1OCC(=O)Nc1cc(C)ccc1C. The number of hydrogen-bond acceptors (Lipinski definition) is 5. The monoisotopic (exact) mass is 523 g/mol. The van der Waals surface area contributed by atoms with E-state index in [4.69, 9.17) is 32.7 Å². The molecule has 2 N–H and O–H groups in total. The fourth-order valence-corrected chi connectivity index (χ4v) is 3.68. The summed E-state index contributed by atoms with van der Waals surface area (Å²) in [6, 6.07) is 17.4. The van der Waals surface area contributed by atoms with Crippen LogP contribution in [-0.2, 0) is 9.59 Å². The zero-order valence-corrected chi connectivity index (χ0v) is 21.3. The van der Waals surface area contributed by atoms with Gasteiger partial charge in [-0.1, -0.05) is 47.5 Å². The molecule has 0 aromatic heterocycles. The average molecular weight is 524 g/mol. The number of hydrogen-bond donors (Lipinski definition) is 2. The zero-order chi connectivity index (χ0) is 26.2. The number of nitriles is 1. The molecular weight excluding hydrogens is 501 g/mol. The number of amides is 2. The predicted molar refractivity (Wildman–Crippen MR) is 142 cm³/mol. The number of aryl methyl sites for hydroxylation is 2. The van der Waals surface area contributed by atoms with Crippen LogP contribution in [0.5, 0.6) is 11.5 Å². The van der Waals surface area contributed by atoms with Crippen LogP contribution in [0.15, 0.2) is 60.2 Å². The summed E-state index contributed by atoms with van der Waals surface area (Å²) < 4.78 is 11.0. The van der Waals surface area contributed by atoms with Gasteiger partial charge < -0.3 is 20.1 Å². The lowest BCUT2D eigenvalue weighted by Gasteiger charge is -2.14.